The monoisotopic (exact) mass is 313 g/mol. The van der Waals surface area contributed by atoms with Gasteiger partial charge in [-0.15, -0.1) is 0 Å². The molecule has 5 nitrogen and oxygen atoms in total. The number of rotatable bonds is 6. The summed E-state index contributed by atoms with van der Waals surface area (Å²) in [6.45, 7) is 10.5. The molecule has 1 saturated carbocycles. The van der Waals surface area contributed by atoms with Crippen molar-refractivity contribution in [2.24, 2.45) is 0 Å². The maximum atomic E-state index is 12.2. The zero-order valence-electron chi connectivity index (χ0n) is 13.7. The summed E-state index contributed by atoms with van der Waals surface area (Å²) in [4.78, 5) is 0. The third-order valence-electron chi connectivity index (χ3n) is 4.18. The van der Waals surface area contributed by atoms with Gasteiger partial charge in [-0.05, 0) is 47.5 Å². The lowest BCUT2D eigenvalue weighted by Crippen LogP contribution is -2.32. The van der Waals surface area contributed by atoms with Gasteiger partial charge in [0.05, 0.1) is 22.7 Å². The van der Waals surface area contributed by atoms with E-state index in [2.05, 4.69) is 10.4 Å². The molecule has 1 aliphatic carbocycles. The van der Waals surface area contributed by atoms with E-state index in [1.807, 2.05) is 18.5 Å². The standard InChI is InChI=1S/C15H27N3O2S/c1-11-14(10-16-13-6-7-13)12(2)18(17-11)8-9-21(19,20)15(3,4)5/h13,16H,6-10H2,1-5H3. The Kier molecular flexibility index (Phi) is 4.49. The number of hydrogen-bond donors (Lipinski definition) is 1. The molecule has 0 aromatic carbocycles. The average molecular weight is 313 g/mol. The largest absolute Gasteiger partial charge is 0.310 e. The van der Waals surface area contributed by atoms with Gasteiger partial charge >= 0.3 is 0 Å². The summed E-state index contributed by atoms with van der Waals surface area (Å²) in [7, 11) is -3.11. The molecular weight excluding hydrogens is 286 g/mol. The fourth-order valence-corrected chi connectivity index (χ4v) is 3.28. The van der Waals surface area contributed by atoms with Gasteiger partial charge in [0.1, 0.15) is 0 Å². The lowest BCUT2D eigenvalue weighted by Gasteiger charge is -2.19. The lowest BCUT2D eigenvalue weighted by molar-refractivity contribution is 0.545. The van der Waals surface area contributed by atoms with Crippen LogP contribution in [0.3, 0.4) is 0 Å². The zero-order valence-corrected chi connectivity index (χ0v) is 14.5. The second kappa shape index (κ2) is 5.72. The molecule has 0 radical (unpaired) electrons. The molecular formula is C15H27N3O2S. The van der Waals surface area contributed by atoms with Gasteiger partial charge in [0, 0.05) is 23.8 Å². The molecule has 1 aliphatic rings. The highest BCUT2D eigenvalue weighted by atomic mass is 32.2. The van der Waals surface area contributed by atoms with Crippen molar-refractivity contribution < 1.29 is 8.42 Å². The quantitative estimate of drug-likeness (QED) is 0.872. The summed E-state index contributed by atoms with van der Waals surface area (Å²) in [6, 6.07) is 0.661. The minimum Gasteiger partial charge on any atom is -0.310 e. The Bertz CT molecular complexity index is 608. The van der Waals surface area contributed by atoms with Crippen LogP contribution >= 0.6 is 0 Å². The third-order valence-corrected chi connectivity index (χ3v) is 6.77. The van der Waals surface area contributed by atoms with Crippen LogP contribution in [0.15, 0.2) is 0 Å². The smallest absolute Gasteiger partial charge is 0.157 e. The van der Waals surface area contributed by atoms with Crippen LogP contribution in [0.2, 0.25) is 0 Å². The van der Waals surface area contributed by atoms with Gasteiger partial charge in [0.25, 0.3) is 0 Å². The number of sulfone groups is 1. The van der Waals surface area contributed by atoms with Crippen LogP contribution in [-0.2, 0) is 22.9 Å². The van der Waals surface area contributed by atoms with Gasteiger partial charge in [-0.3, -0.25) is 4.68 Å². The Hall–Kier alpha value is -0.880. The first kappa shape index (κ1) is 16.5. The number of aryl methyl sites for hydroxylation is 2. The van der Waals surface area contributed by atoms with Gasteiger partial charge in [0.2, 0.25) is 0 Å². The summed E-state index contributed by atoms with van der Waals surface area (Å²) < 4.78 is 25.5. The average Bonchev–Trinajstić information content (AvgIpc) is 3.12. The summed E-state index contributed by atoms with van der Waals surface area (Å²) >= 11 is 0. The van der Waals surface area contributed by atoms with Crippen LogP contribution < -0.4 is 5.32 Å². The Labute approximate surface area is 128 Å². The van der Waals surface area contributed by atoms with Crippen LogP contribution in [0.5, 0.6) is 0 Å². The Morgan fingerprint density at radius 3 is 2.43 bits per heavy atom. The van der Waals surface area contributed by atoms with Crippen molar-refractivity contribution in [3.63, 3.8) is 0 Å². The fraction of sp³-hybridized carbons (Fsp3) is 0.800. The van der Waals surface area contributed by atoms with Crippen molar-refractivity contribution in [2.45, 2.75) is 71.3 Å². The molecule has 6 heteroatoms. The minimum atomic E-state index is -3.11. The first-order valence-corrected chi connectivity index (χ1v) is 9.25. The molecule has 0 aliphatic heterocycles. The summed E-state index contributed by atoms with van der Waals surface area (Å²) in [5, 5.41) is 8.00. The van der Waals surface area contributed by atoms with Crippen molar-refractivity contribution in [1.29, 1.82) is 0 Å². The third kappa shape index (κ3) is 3.86. The highest BCUT2D eigenvalue weighted by Gasteiger charge is 2.29. The lowest BCUT2D eigenvalue weighted by atomic mass is 10.2. The number of nitrogens with one attached hydrogen (secondary N) is 1. The molecule has 2 rings (SSSR count). The van der Waals surface area contributed by atoms with Gasteiger partial charge in [-0.25, -0.2) is 8.42 Å². The van der Waals surface area contributed by atoms with Crippen molar-refractivity contribution in [3.05, 3.63) is 17.0 Å². The van der Waals surface area contributed by atoms with Crippen molar-refractivity contribution >= 4 is 9.84 Å². The van der Waals surface area contributed by atoms with Gasteiger partial charge in [0.15, 0.2) is 9.84 Å². The van der Waals surface area contributed by atoms with Gasteiger partial charge < -0.3 is 5.32 Å². The number of hydrogen-bond acceptors (Lipinski definition) is 4. The first-order chi connectivity index (χ1) is 9.62. The van der Waals surface area contributed by atoms with Crippen LogP contribution in [0.1, 0.15) is 50.6 Å². The molecule has 0 saturated heterocycles. The Morgan fingerprint density at radius 2 is 1.90 bits per heavy atom. The van der Waals surface area contributed by atoms with E-state index in [0.29, 0.717) is 12.6 Å². The van der Waals surface area contributed by atoms with E-state index in [1.54, 1.807) is 20.8 Å². The molecule has 21 heavy (non-hydrogen) atoms. The second-order valence-electron chi connectivity index (χ2n) is 6.96. The number of aromatic nitrogens is 2. The normalized spacial score (nSPS) is 16.4. The summed E-state index contributed by atoms with van der Waals surface area (Å²) in [5.41, 5.74) is 3.27. The fourth-order valence-electron chi connectivity index (χ4n) is 2.25. The van der Waals surface area contributed by atoms with Crippen molar-refractivity contribution in [1.82, 2.24) is 15.1 Å². The highest BCUT2D eigenvalue weighted by Crippen LogP contribution is 2.21. The van der Waals surface area contributed by atoms with Gasteiger partial charge in [-0.1, -0.05) is 0 Å². The van der Waals surface area contributed by atoms with Crippen LogP contribution in [0.25, 0.3) is 0 Å². The highest BCUT2D eigenvalue weighted by molar-refractivity contribution is 7.92. The van der Waals surface area contributed by atoms with E-state index in [-0.39, 0.29) is 5.75 Å². The zero-order chi connectivity index (χ0) is 15.8. The van der Waals surface area contributed by atoms with Crippen LogP contribution in [0.4, 0.5) is 0 Å². The molecule has 1 aromatic heterocycles. The van der Waals surface area contributed by atoms with Gasteiger partial charge in [-0.2, -0.15) is 5.10 Å². The molecule has 0 unspecified atom stereocenters. The molecule has 0 spiro atoms. The second-order valence-corrected chi connectivity index (χ2v) is 9.82. The number of nitrogens with zero attached hydrogens (tertiary/aromatic N) is 2. The van der Waals surface area contributed by atoms with E-state index in [1.165, 1.54) is 18.4 Å². The summed E-state index contributed by atoms with van der Waals surface area (Å²) in [6.07, 6.45) is 2.52. The molecule has 1 heterocycles. The topological polar surface area (TPSA) is 64.0 Å². The SMILES string of the molecule is Cc1nn(CCS(=O)(=O)C(C)(C)C)c(C)c1CNC1CC1. The van der Waals surface area contributed by atoms with E-state index >= 15 is 0 Å². The molecule has 0 bridgehead atoms. The minimum absolute atomic E-state index is 0.133. The van der Waals surface area contributed by atoms with E-state index in [0.717, 1.165) is 17.9 Å². The maximum absolute atomic E-state index is 12.2. The predicted molar refractivity (Wildman–Crippen MR) is 85.1 cm³/mol. The molecule has 1 aromatic rings. The van der Waals surface area contributed by atoms with E-state index in [4.69, 9.17) is 0 Å². The predicted octanol–water partition coefficient (Wildman–Crippen LogP) is 1.97. The van der Waals surface area contributed by atoms with E-state index in [9.17, 15) is 8.42 Å². The molecule has 0 amide bonds. The Morgan fingerprint density at radius 1 is 1.29 bits per heavy atom. The molecule has 1 N–H and O–H groups in total. The Balaban J connectivity index is 2.05. The maximum Gasteiger partial charge on any atom is 0.157 e. The van der Waals surface area contributed by atoms with Crippen molar-refractivity contribution in [3.8, 4) is 0 Å². The van der Waals surface area contributed by atoms with Crippen molar-refractivity contribution in [2.75, 3.05) is 5.75 Å². The van der Waals surface area contributed by atoms with E-state index < -0.39 is 14.6 Å². The van der Waals surface area contributed by atoms with Crippen LogP contribution in [-0.4, -0.2) is 34.7 Å². The molecule has 0 atom stereocenters. The van der Waals surface area contributed by atoms with Crippen LogP contribution in [0, 0.1) is 13.8 Å². The molecule has 1 fully saturated rings. The summed E-state index contributed by atoms with van der Waals surface area (Å²) in [5.74, 6) is 0.133. The first-order valence-electron chi connectivity index (χ1n) is 7.60. The molecule has 120 valence electrons.